The molecule has 0 aromatic heterocycles. The topological polar surface area (TPSA) is 46.3 Å². The number of carbonyl (C=O) groups excluding carboxylic acids is 1. The highest BCUT2D eigenvalue weighted by molar-refractivity contribution is 8.01. The molecule has 2 N–H and O–H groups in total. The van der Waals surface area contributed by atoms with Gasteiger partial charge in [0.15, 0.2) is 0 Å². The normalized spacial score (nSPS) is 18.9. The van der Waals surface area contributed by atoms with Gasteiger partial charge in [-0.3, -0.25) is 4.79 Å². The molecule has 0 saturated heterocycles. The third-order valence-electron chi connectivity index (χ3n) is 3.19. The van der Waals surface area contributed by atoms with Crippen molar-refractivity contribution in [1.82, 2.24) is 0 Å². The summed E-state index contributed by atoms with van der Waals surface area (Å²) in [6.45, 7) is 5.00. The van der Waals surface area contributed by atoms with Gasteiger partial charge in [-0.2, -0.15) is 0 Å². The zero-order valence-corrected chi connectivity index (χ0v) is 11.8. The molecule has 1 amide bonds. The van der Waals surface area contributed by atoms with Gasteiger partial charge in [0.05, 0.1) is 10.9 Å². The number of nitrogens with two attached hydrogens (primary N) is 1. The van der Waals surface area contributed by atoms with Crippen molar-refractivity contribution in [2.45, 2.75) is 43.3 Å². The fourth-order valence-electron chi connectivity index (χ4n) is 2.15. The first-order chi connectivity index (χ1) is 8.67. The van der Waals surface area contributed by atoms with Crippen LogP contribution in [0.1, 0.15) is 33.1 Å². The van der Waals surface area contributed by atoms with Crippen LogP contribution in [0.4, 0.5) is 11.4 Å². The molecule has 1 unspecified atom stereocenters. The van der Waals surface area contributed by atoms with Gasteiger partial charge in [-0.25, -0.2) is 0 Å². The number of unbranched alkanes of at least 4 members (excludes halogenated alkanes) is 1. The van der Waals surface area contributed by atoms with Gasteiger partial charge >= 0.3 is 0 Å². The number of nitrogen functional groups attached to an aromatic ring is 1. The second-order valence-corrected chi connectivity index (χ2v) is 5.83. The van der Waals surface area contributed by atoms with E-state index in [1.54, 1.807) is 11.8 Å². The van der Waals surface area contributed by atoms with Crippen LogP contribution >= 0.6 is 11.8 Å². The van der Waals surface area contributed by atoms with Gasteiger partial charge in [0.25, 0.3) is 0 Å². The minimum absolute atomic E-state index is 0.0537. The van der Waals surface area contributed by atoms with Crippen molar-refractivity contribution < 1.29 is 4.79 Å². The van der Waals surface area contributed by atoms with Gasteiger partial charge in [0.1, 0.15) is 0 Å². The second-order valence-electron chi connectivity index (χ2n) is 4.59. The summed E-state index contributed by atoms with van der Waals surface area (Å²) in [5, 5.41) is 0.0537. The van der Waals surface area contributed by atoms with Crippen LogP contribution in [0.5, 0.6) is 0 Å². The molecule has 1 aliphatic rings. The SMILES string of the molecule is CCCCN1C(=O)C(CC)Sc2ccc(N)cc21. The van der Waals surface area contributed by atoms with Crippen LogP contribution in [0.2, 0.25) is 0 Å². The van der Waals surface area contributed by atoms with Crippen molar-refractivity contribution >= 4 is 29.0 Å². The monoisotopic (exact) mass is 264 g/mol. The summed E-state index contributed by atoms with van der Waals surface area (Å²) in [6.07, 6.45) is 2.99. The fraction of sp³-hybridized carbons (Fsp3) is 0.500. The Morgan fingerprint density at radius 2 is 2.17 bits per heavy atom. The van der Waals surface area contributed by atoms with Crippen molar-refractivity contribution in [2.24, 2.45) is 0 Å². The zero-order chi connectivity index (χ0) is 13.1. The first kappa shape index (κ1) is 13.3. The highest BCUT2D eigenvalue weighted by Crippen LogP contribution is 2.41. The summed E-state index contributed by atoms with van der Waals surface area (Å²) in [7, 11) is 0. The second kappa shape index (κ2) is 5.65. The molecule has 1 atom stereocenters. The molecule has 0 spiro atoms. The summed E-state index contributed by atoms with van der Waals surface area (Å²) in [6, 6.07) is 5.86. The quantitative estimate of drug-likeness (QED) is 0.849. The number of fused-ring (bicyclic) bond motifs is 1. The molecule has 0 fully saturated rings. The molecule has 0 aliphatic carbocycles. The molecule has 1 aromatic rings. The Bertz CT molecular complexity index is 447. The largest absolute Gasteiger partial charge is 0.399 e. The molecule has 0 radical (unpaired) electrons. The lowest BCUT2D eigenvalue weighted by atomic mass is 10.2. The van der Waals surface area contributed by atoms with Gasteiger partial charge in [0.2, 0.25) is 5.91 Å². The Kier molecular flexibility index (Phi) is 4.17. The van der Waals surface area contributed by atoms with E-state index in [0.29, 0.717) is 0 Å². The van der Waals surface area contributed by atoms with E-state index < -0.39 is 0 Å². The minimum Gasteiger partial charge on any atom is -0.399 e. The number of thioether (sulfide) groups is 1. The highest BCUT2D eigenvalue weighted by Gasteiger charge is 2.31. The Morgan fingerprint density at radius 3 is 2.83 bits per heavy atom. The van der Waals surface area contributed by atoms with Crippen molar-refractivity contribution in [2.75, 3.05) is 17.2 Å². The van der Waals surface area contributed by atoms with Crippen molar-refractivity contribution in [3.05, 3.63) is 18.2 Å². The van der Waals surface area contributed by atoms with Crippen molar-refractivity contribution in [3.63, 3.8) is 0 Å². The van der Waals surface area contributed by atoms with Crippen molar-refractivity contribution in [1.29, 1.82) is 0 Å². The summed E-state index contributed by atoms with van der Waals surface area (Å²) in [5.41, 5.74) is 7.55. The van der Waals surface area contributed by atoms with E-state index in [1.165, 1.54) is 4.90 Å². The van der Waals surface area contributed by atoms with Crippen LogP contribution in [0, 0.1) is 0 Å². The Balaban J connectivity index is 2.36. The maximum Gasteiger partial charge on any atom is 0.240 e. The smallest absolute Gasteiger partial charge is 0.240 e. The van der Waals surface area contributed by atoms with Crippen LogP contribution < -0.4 is 10.6 Å². The van der Waals surface area contributed by atoms with E-state index in [-0.39, 0.29) is 11.2 Å². The molecule has 3 nitrogen and oxygen atoms in total. The molecule has 0 bridgehead atoms. The number of hydrogen-bond donors (Lipinski definition) is 1. The maximum atomic E-state index is 12.4. The number of benzene rings is 1. The number of carbonyl (C=O) groups is 1. The number of hydrogen-bond acceptors (Lipinski definition) is 3. The molecule has 4 heteroatoms. The summed E-state index contributed by atoms with van der Waals surface area (Å²) in [5.74, 6) is 0.231. The van der Waals surface area contributed by atoms with E-state index in [4.69, 9.17) is 5.73 Å². The molecule has 2 rings (SSSR count). The van der Waals surface area contributed by atoms with E-state index >= 15 is 0 Å². The van der Waals surface area contributed by atoms with Gasteiger partial charge in [0, 0.05) is 17.1 Å². The predicted octanol–water partition coefficient (Wildman–Crippen LogP) is 3.29. The van der Waals surface area contributed by atoms with Gasteiger partial charge in [-0.15, -0.1) is 11.8 Å². The number of nitrogens with zero attached hydrogens (tertiary/aromatic N) is 1. The molecule has 1 heterocycles. The van der Waals surface area contributed by atoms with Gasteiger partial charge in [-0.05, 0) is 31.0 Å². The molecule has 1 aliphatic heterocycles. The molecular formula is C14H20N2OS. The van der Waals surface area contributed by atoms with Crippen molar-refractivity contribution in [3.8, 4) is 0 Å². The van der Waals surface area contributed by atoms with E-state index in [1.807, 2.05) is 23.1 Å². The van der Waals surface area contributed by atoms with Crippen LogP contribution in [0.25, 0.3) is 0 Å². The summed E-state index contributed by atoms with van der Waals surface area (Å²) < 4.78 is 0. The number of rotatable bonds is 4. The first-order valence-electron chi connectivity index (χ1n) is 6.55. The fourth-order valence-corrected chi connectivity index (χ4v) is 3.28. The van der Waals surface area contributed by atoms with Gasteiger partial charge < -0.3 is 10.6 Å². The van der Waals surface area contributed by atoms with Crippen LogP contribution in [-0.4, -0.2) is 17.7 Å². The molecular weight excluding hydrogens is 244 g/mol. The zero-order valence-electron chi connectivity index (χ0n) is 11.0. The highest BCUT2D eigenvalue weighted by atomic mass is 32.2. The average Bonchev–Trinajstić information content (AvgIpc) is 2.37. The Morgan fingerprint density at radius 1 is 1.39 bits per heavy atom. The third-order valence-corrected chi connectivity index (χ3v) is 4.61. The lowest BCUT2D eigenvalue weighted by molar-refractivity contribution is -0.118. The third kappa shape index (κ3) is 2.48. The Hall–Kier alpha value is -1.16. The molecule has 18 heavy (non-hydrogen) atoms. The van der Waals surface area contributed by atoms with E-state index in [0.717, 1.165) is 37.2 Å². The first-order valence-corrected chi connectivity index (χ1v) is 7.42. The minimum atomic E-state index is 0.0537. The van der Waals surface area contributed by atoms with E-state index in [9.17, 15) is 4.79 Å². The average molecular weight is 264 g/mol. The lowest BCUT2D eigenvalue weighted by Crippen LogP contribution is -2.41. The summed E-state index contributed by atoms with van der Waals surface area (Å²) in [4.78, 5) is 15.5. The van der Waals surface area contributed by atoms with E-state index in [2.05, 4.69) is 13.8 Å². The predicted molar refractivity (Wildman–Crippen MR) is 78.1 cm³/mol. The summed E-state index contributed by atoms with van der Waals surface area (Å²) >= 11 is 1.66. The Labute approximate surface area is 113 Å². The van der Waals surface area contributed by atoms with Crippen LogP contribution in [-0.2, 0) is 4.79 Å². The molecule has 1 aromatic carbocycles. The molecule has 98 valence electrons. The number of anilines is 2. The maximum absolute atomic E-state index is 12.4. The van der Waals surface area contributed by atoms with Crippen LogP contribution in [0.3, 0.4) is 0 Å². The lowest BCUT2D eigenvalue weighted by Gasteiger charge is -2.33. The van der Waals surface area contributed by atoms with Crippen LogP contribution in [0.15, 0.2) is 23.1 Å². The van der Waals surface area contributed by atoms with Gasteiger partial charge in [-0.1, -0.05) is 20.3 Å². The number of amides is 1. The molecule has 0 saturated carbocycles. The standard InChI is InChI=1S/C14H20N2OS/c1-3-5-8-16-11-9-10(15)6-7-13(11)18-12(4-2)14(16)17/h6-7,9,12H,3-5,8,15H2,1-2H3.